The van der Waals surface area contributed by atoms with Crippen molar-refractivity contribution in [1.82, 2.24) is 10.4 Å². The third kappa shape index (κ3) is 9.57. The lowest BCUT2D eigenvalue weighted by Crippen LogP contribution is -2.36. The van der Waals surface area contributed by atoms with Crippen molar-refractivity contribution in [3.8, 4) is 0 Å². The highest BCUT2D eigenvalue weighted by molar-refractivity contribution is 8.01. The Bertz CT molecular complexity index is 1310. The second-order valence-electron chi connectivity index (χ2n) is 11.3. The normalized spacial score (nSPS) is 11.8. The number of carbonyl (C=O) groups excluding carboxylic acids is 2. The van der Waals surface area contributed by atoms with Crippen molar-refractivity contribution >= 4 is 29.5 Å². The molecule has 3 aromatic rings. The van der Waals surface area contributed by atoms with Crippen molar-refractivity contribution < 1.29 is 23.6 Å². The Kier molecular flexibility index (Phi) is 10.2. The molecule has 0 saturated carbocycles. The van der Waals surface area contributed by atoms with E-state index < -0.39 is 16.3 Å². The third-order valence-electron chi connectivity index (χ3n) is 5.82. The number of esters is 1. The number of hydroxylamine groups is 1. The highest BCUT2D eigenvalue weighted by Gasteiger charge is 2.33. The number of aryl methyl sites for hydroxylation is 2. The molecular weight excluding hydrogens is 526 g/mol. The summed E-state index contributed by atoms with van der Waals surface area (Å²) in [5.41, 5.74) is 5.60. The number of ether oxygens (including phenoxy) is 1. The fourth-order valence-electron chi connectivity index (χ4n) is 3.92. The topological polar surface area (TPSA) is 105 Å². The molecule has 0 bridgehead atoms. The molecule has 40 heavy (non-hydrogen) atoms. The van der Waals surface area contributed by atoms with Crippen LogP contribution in [0, 0.1) is 19.3 Å². The monoisotopic (exact) mass is 565 g/mol. The van der Waals surface area contributed by atoms with Crippen LogP contribution in [-0.2, 0) is 32.3 Å². The summed E-state index contributed by atoms with van der Waals surface area (Å²) in [7, 11) is 0. The second-order valence-corrected chi connectivity index (χ2v) is 12.9. The van der Waals surface area contributed by atoms with Crippen LogP contribution in [0.4, 0.5) is 0 Å². The minimum absolute atomic E-state index is 0.0178. The molecule has 1 aromatic heterocycles. The summed E-state index contributed by atoms with van der Waals surface area (Å²) in [5, 5.41) is 8.26. The SMILES string of the molecule is Cc1ccc(C(=N)NOC(=O)CN(Cc2ccc(SC(C)(C)C(=O)OC(C)(C)C)cc2)Cc2ccco2)c(C)c1. The predicted molar refractivity (Wildman–Crippen MR) is 157 cm³/mol. The maximum Gasteiger partial charge on any atom is 0.346 e. The van der Waals surface area contributed by atoms with Gasteiger partial charge in [-0.3, -0.25) is 15.1 Å². The zero-order valence-corrected chi connectivity index (χ0v) is 25.1. The fourth-order valence-corrected chi connectivity index (χ4v) is 4.91. The zero-order valence-electron chi connectivity index (χ0n) is 24.3. The number of furan rings is 1. The Hall–Kier alpha value is -3.56. The van der Waals surface area contributed by atoms with Gasteiger partial charge in [0.15, 0.2) is 5.84 Å². The molecule has 0 aliphatic heterocycles. The number of hydrogen-bond donors (Lipinski definition) is 2. The van der Waals surface area contributed by atoms with Gasteiger partial charge >= 0.3 is 11.9 Å². The van der Waals surface area contributed by atoms with Gasteiger partial charge in [0.05, 0.1) is 12.8 Å². The van der Waals surface area contributed by atoms with Crippen molar-refractivity contribution in [1.29, 1.82) is 5.41 Å². The Balaban J connectivity index is 1.62. The van der Waals surface area contributed by atoms with E-state index in [9.17, 15) is 9.59 Å². The molecular formula is C31H39N3O5S. The van der Waals surface area contributed by atoms with Crippen molar-refractivity contribution in [2.24, 2.45) is 0 Å². The van der Waals surface area contributed by atoms with Gasteiger partial charge in [-0.15, -0.1) is 11.8 Å². The van der Waals surface area contributed by atoms with Gasteiger partial charge in [0.1, 0.15) is 22.7 Å². The number of thioether (sulfide) groups is 1. The van der Waals surface area contributed by atoms with Crippen molar-refractivity contribution in [3.05, 3.63) is 88.9 Å². The minimum Gasteiger partial charge on any atom is -0.468 e. The van der Waals surface area contributed by atoms with Gasteiger partial charge in [-0.05, 0) is 83.9 Å². The van der Waals surface area contributed by atoms with Crippen LogP contribution < -0.4 is 5.48 Å². The molecule has 0 saturated heterocycles. The van der Waals surface area contributed by atoms with Crippen molar-refractivity contribution in [3.63, 3.8) is 0 Å². The molecule has 0 amide bonds. The maximum absolute atomic E-state index is 12.7. The van der Waals surface area contributed by atoms with E-state index in [2.05, 4.69) is 5.48 Å². The van der Waals surface area contributed by atoms with Crippen LogP contribution >= 0.6 is 11.8 Å². The summed E-state index contributed by atoms with van der Waals surface area (Å²) in [6.45, 7) is 14.0. The van der Waals surface area contributed by atoms with E-state index in [-0.39, 0.29) is 18.3 Å². The Morgan fingerprint density at radius 2 is 1.70 bits per heavy atom. The number of nitrogens with zero attached hydrogens (tertiary/aromatic N) is 1. The Morgan fingerprint density at radius 1 is 1.00 bits per heavy atom. The first-order valence-electron chi connectivity index (χ1n) is 13.1. The predicted octanol–water partition coefficient (Wildman–Crippen LogP) is 6.18. The molecule has 8 nitrogen and oxygen atoms in total. The molecule has 1 heterocycles. The lowest BCUT2D eigenvalue weighted by molar-refractivity contribution is -0.157. The largest absolute Gasteiger partial charge is 0.468 e. The fraction of sp³-hybridized carbons (Fsp3) is 0.387. The summed E-state index contributed by atoms with van der Waals surface area (Å²) in [5.74, 6) is -0.0512. The van der Waals surface area contributed by atoms with Crippen LogP contribution in [-0.4, -0.2) is 39.6 Å². The maximum atomic E-state index is 12.7. The van der Waals surface area contributed by atoms with Crippen LogP contribution in [0.15, 0.2) is 70.2 Å². The minimum atomic E-state index is -0.748. The van der Waals surface area contributed by atoms with E-state index >= 15 is 0 Å². The first-order valence-corrected chi connectivity index (χ1v) is 13.9. The van der Waals surface area contributed by atoms with Crippen LogP contribution in [0.2, 0.25) is 0 Å². The number of nitrogens with one attached hydrogen (secondary N) is 2. The number of hydrogen-bond acceptors (Lipinski definition) is 8. The molecule has 0 spiro atoms. The molecule has 0 aliphatic carbocycles. The van der Waals surface area contributed by atoms with Gasteiger partial charge in [0.25, 0.3) is 0 Å². The molecule has 2 N–H and O–H groups in total. The average molecular weight is 566 g/mol. The first kappa shape index (κ1) is 31.0. The molecule has 9 heteroatoms. The summed E-state index contributed by atoms with van der Waals surface area (Å²) in [6, 6.07) is 17.2. The van der Waals surface area contributed by atoms with Crippen molar-refractivity contribution in [2.45, 2.75) is 76.8 Å². The van der Waals surface area contributed by atoms with E-state index in [0.717, 1.165) is 27.3 Å². The lowest BCUT2D eigenvalue weighted by Gasteiger charge is -2.28. The highest BCUT2D eigenvalue weighted by Crippen LogP contribution is 2.34. The standard InChI is InChI=1S/C31H39N3O5S/c1-21-10-15-26(22(2)17-21)28(32)33-39-27(35)20-34(19-24-9-8-16-37-24)18-23-11-13-25(14-12-23)40-31(6,7)29(36)38-30(3,4)5/h8-17H,18-20H2,1-7H3,(H2,32,33). The van der Waals surface area contributed by atoms with E-state index in [4.69, 9.17) is 19.4 Å². The quantitative estimate of drug-likeness (QED) is 0.0987. The number of carbonyl (C=O) groups is 2. The average Bonchev–Trinajstić information content (AvgIpc) is 3.35. The van der Waals surface area contributed by atoms with Gasteiger partial charge in [0, 0.05) is 17.0 Å². The lowest BCUT2D eigenvalue weighted by atomic mass is 10.1. The summed E-state index contributed by atoms with van der Waals surface area (Å²) in [4.78, 5) is 33.4. The van der Waals surface area contributed by atoms with Gasteiger partial charge in [-0.1, -0.05) is 35.9 Å². The molecule has 2 aromatic carbocycles. The highest BCUT2D eigenvalue weighted by atomic mass is 32.2. The zero-order chi connectivity index (χ0) is 29.5. The van der Waals surface area contributed by atoms with Gasteiger partial charge in [-0.25, -0.2) is 10.3 Å². The number of benzene rings is 2. The van der Waals surface area contributed by atoms with Gasteiger partial charge in [0.2, 0.25) is 0 Å². The van der Waals surface area contributed by atoms with Crippen LogP contribution in [0.3, 0.4) is 0 Å². The van der Waals surface area contributed by atoms with E-state index in [1.807, 2.05) is 102 Å². The van der Waals surface area contributed by atoms with Crippen LogP contribution in [0.1, 0.15) is 62.6 Å². The van der Waals surface area contributed by atoms with Gasteiger partial charge in [-0.2, -0.15) is 0 Å². The van der Waals surface area contributed by atoms with Crippen molar-refractivity contribution in [2.75, 3.05) is 6.54 Å². The molecule has 214 valence electrons. The molecule has 0 atom stereocenters. The first-order chi connectivity index (χ1) is 18.7. The number of amidine groups is 1. The summed E-state index contributed by atoms with van der Waals surface area (Å²) >= 11 is 1.44. The molecule has 3 rings (SSSR count). The van der Waals surface area contributed by atoms with Crippen LogP contribution in [0.25, 0.3) is 0 Å². The van der Waals surface area contributed by atoms with Gasteiger partial charge < -0.3 is 14.0 Å². The smallest absolute Gasteiger partial charge is 0.346 e. The number of rotatable bonds is 10. The van der Waals surface area contributed by atoms with E-state index in [0.29, 0.717) is 18.7 Å². The van der Waals surface area contributed by atoms with E-state index in [1.54, 1.807) is 12.3 Å². The second kappa shape index (κ2) is 13.2. The van der Waals surface area contributed by atoms with E-state index in [1.165, 1.54) is 11.8 Å². The molecule has 0 aliphatic rings. The molecule has 0 fully saturated rings. The molecule has 0 unspecified atom stereocenters. The van der Waals surface area contributed by atoms with Crippen LogP contribution in [0.5, 0.6) is 0 Å². The molecule has 0 radical (unpaired) electrons. The summed E-state index contributed by atoms with van der Waals surface area (Å²) < 4.78 is 10.3. The summed E-state index contributed by atoms with van der Waals surface area (Å²) in [6.07, 6.45) is 1.59. The third-order valence-corrected chi connectivity index (χ3v) is 7.01. The Morgan fingerprint density at radius 3 is 2.30 bits per heavy atom. The Labute approximate surface area is 240 Å².